The van der Waals surface area contributed by atoms with E-state index in [1.165, 1.54) is 18.2 Å². The molecule has 0 saturated carbocycles. The van der Waals surface area contributed by atoms with Crippen molar-refractivity contribution in [3.8, 4) is 0 Å². The van der Waals surface area contributed by atoms with Gasteiger partial charge in [-0.3, -0.25) is 9.59 Å². The average molecular weight is 315 g/mol. The highest BCUT2D eigenvalue weighted by Gasteiger charge is 2.25. The summed E-state index contributed by atoms with van der Waals surface area (Å²) in [6.45, 7) is 0.634. The van der Waals surface area contributed by atoms with Gasteiger partial charge in [-0.1, -0.05) is 6.07 Å². The number of carbonyl (C=O) groups excluding carboxylic acids is 2. The Kier molecular flexibility index (Phi) is 3.96. The van der Waals surface area contributed by atoms with Crippen LogP contribution < -0.4 is 10.6 Å². The third-order valence-corrected chi connectivity index (χ3v) is 3.59. The Morgan fingerprint density at radius 3 is 3.00 bits per heavy atom. The van der Waals surface area contributed by atoms with Gasteiger partial charge in [0.2, 0.25) is 5.91 Å². The fourth-order valence-electron chi connectivity index (χ4n) is 1.82. The molecule has 4 nitrogen and oxygen atoms in total. The van der Waals surface area contributed by atoms with Crippen LogP contribution in [-0.4, -0.2) is 24.4 Å². The number of rotatable bonds is 2. The summed E-state index contributed by atoms with van der Waals surface area (Å²) in [6.07, 6.45) is 1.42. The van der Waals surface area contributed by atoms with Crippen molar-refractivity contribution in [1.29, 1.82) is 0 Å². The largest absolute Gasteiger partial charge is 0.354 e. The third kappa shape index (κ3) is 2.69. The van der Waals surface area contributed by atoms with Crippen LogP contribution in [0.5, 0.6) is 0 Å². The third-order valence-electron chi connectivity index (χ3n) is 2.79. The highest BCUT2D eigenvalue weighted by Crippen LogP contribution is 2.20. The molecule has 96 valence electrons. The molecule has 1 aromatic carbocycles. The normalized spacial score (nSPS) is 19.2. The number of hydrogen-bond donors (Lipinski definition) is 2. The summed E-state index contributed by atoms with van der Waals surface area (Å²) in [5, 5.41) is 5.28. The maximum absolute atomic E-state index is 13.3. The molecular weight excluding hydrogens is 303 g/mol. The van der Waals surface area contributed by atoms with Crippen molar-refractivity contribution in [2.24, 2.45) is 0 Å². The summed E-state index contributed by atoms with van der Waals surface area (Å²) in [7, 11) is 0. The average Bonchev–Trinajstić information content (AvgIpc) is 2.35. The first-order valence-corrected chi connectivity index (χ1v) is 6.41. The molecule has 1 saturated heterocycles. The standard InChI is InChI=1S/C12H12BrFN2O2/c13-10-7(3-1-4-8(10)14)11(17)16-9-5-2-6-15-12(9)18/h1,3-4,9H,2,5-6H2,(H,15,18)(H,16,17). The van der Waals surface area contributed by atoms with Gasteiger partial charge in [-0.25, -0.2) is 4.39 Å². The van der Waals surface area contributed by atoms with Crippen molar-refractivity contribution in [3.05, 3.63) is 34.1 Å². The van der Waals surface area contributed by atoms with E-state index in [2.05, 4.69) is 26.6 Å². The van der Waals surface area contributed by atoms with Crippen LogP contribution >= 0.6 is 15.9 Å². The smallest absolute Gasteiger partial charge is 0.253 e. The molecule has 1 atom stereocenters. The number of piperidine rings is 1. The molecule has 1 aliphatic heterocycles. The topological polar surface area (TPSA) is 58.2 Å². The zero-order valence-electron chi connectivity index (χ0n) is 9.50. The van der Waals surface area contributed by atoms with Crippen LogP contribution in [0, 0.1) is 5.82 Å². The minimum atomic E-state index is -0.540. The van der Waals surface area contributed by atoms with Gasteiger partial charge in [-0.15, -0.1) is 0 Å². The van der Waals surface area contributed by atoms with E-state index in [4.69, 9.17) is 0 Å². The Morgan fingerprint density at radius 1 is 1.50 bits per heavy atom. The van der Waals surface area contributed by atoms with E-state index in [-0.39, 0.29) is 15.9 Å². The molecule has 6 heteroatoms. The highest BCUT2D eigenvalue weighted by atomic mass is 79.9. The fraction of sp³-hybridized carbons (Fsp3) is 0.333. The molecule has 2 amide bonds. The molecule has 0 spiro atoms. The Hall–Kier alpha value is -1.43. The Balaban J connectivity index is 2.12. The molecule has 1 unspecified atom stereocenters. The van der Waals surface area contributed by atoms with Gasteiger partial charge in [0.05, 0.1) is 10.0 Å². The van der Waals surface area contributed by atoms with Gasteiger partial charge in [0.1, 0.15) is 11.9 Å². The maximum Gasteiger partial charge on any atom is 0.253 e. The summed E-state index contributed by atoms with van der Waals surface area (Å²) >= 11 is 3.02. The van der Waals surface area contributed by atoms with Crippen LogP contribution in [0.25, 0.3) is 0 Å². The Morgan fingerprint density at radius 2 is 2.28 bits per heavy atom. The SMILES string of the molecule is O=C(NC1CCCNC1=O)c1cccc(F)c1Br. The molecule has 2 rings (SSSR count). The summed E-state index contributed by atoms with van der Waals surface area (Å²) in [4.78, 5) is 23.4. The van der Waals surface area contributed by atoms with Crippen LogP contribution in [0.15, 0.2) is 22.7 Å². The first-order valence-electron chi connectivity index (χ1n) is 5.62. The minimum absolute atomic E-state index is 0.110. The number of nitrogens with one attached hydrogen (secondary N) is 2. The van der Waals surface area contributed by atoms with Gasteiger partial charge in [0, 0.05) is 6.54 Å². The molecule has 0 radical (unpaired) electrons. The van der Waals surface area contributed by atoms with Crippen molar-refractivity contribution in [2.45, 2.75) is 18.9 Å². The zero-order valence-corrected chi connectivity index (χ0v) is 11.1. The van der Waals surface area contributed by atoms with Crippen LogP contribution in [0.3, 0.4) is 0 Å². The van der Waals surface area contributed by atoms with Crippen molar-refractivity contribution in [3.63, 3.8) is 0 Å². The number of benzene rings is 1. The van der Waals surface area contributed by atoms with E-state index < -0.39 is 17.8 Å². The van der Waals surface area contributed by atoms with Crippen LogP contribution in [0.1, 0.15) is 23.2 Å². The first-order chi connectivity index (χ1) is 8.59. The monoisotopic (exact) mass is 314 g/mol. The lowest BCUT2D eigenvalue weighted by Crippen LogP contribution is -2.50. The van der Waals surface area contributed by atoms with Crippen molar-refractivity contribution < 1.29 is 14.0 Å². The Bertz CT molecular complexity index is 493. The number of carbonyl (C=O) groups is 2. The summed E-state index contributed by atoms with van der Waals surface area (Å²) in [6, 6.07) is 3.68. The second-order valence-electron chi connectivity index (χ2n) is 4.06. The van der Waals surface area contributed by atoms with Gasteiger partial charge in [0.15, 0.2) is 0 Å². The Labute approximate surface area is 112 Å². The quantitative estimate of drug-likeness (QED) is 0.871. The second kappa shape index (κ2) is 5.48. The van der Waals surface area contributed by atoms with E-state index in [9.17, 15) is 14.0 Å². The van der Waals surface area contributed by atoms with E-state index in [1.54, 1.807) is 0 Å². The van der Waals surface area contributed by atoms with Crippen LogP contribution in [0.4, 0.5) is 4.39 Å². The predicted molar refractivity (Wildman–Crippen MR) is 67.6 cm³/mol. The lowest BCUT2D eigenvalue weighted by molar-refractivity contribution is -0.124. The number of halogens is 2. The summed E-state index contributed by atoms with van der Waals surface area (Å²) < 4.78 is 13.4. The first kappa shape index (κ1) is 13.0. The molecule has 0 aromatic heterocycles. The van der Waals surface area contributed by atoms with Gasteiger partial charge in [-0.2, -0.15) is 0 Å². The second-order valence-corrected chi connectivity index (χ2v) is 4.85. The van der Waals surface area contributed by atoms with E-state index in [0.29, 0.717) is 13.0 Å². The van der Waals surface area contributed by atoms with Crippen molar-refractivity contribution in [2.75, 3.05) is 6.54 Å². The molecule has 1 heterocycles. The molecule has 1 aromatic rings. The molecule has 2 N–H and O–H groups in total. The van der Waals surface area contributed by atoms with Crippen molar-refractivity contribution >= 4 is 27.7 Å². The van der Waals surface area contributed by atoms with Gasteiger partial charge >= 0.3 is 0 Å². The molecule has 1 fully saturated rings. The highest BCUT2D eigenvalue weighted by molar-refractivity contribution is 9.10. The number of amides is 2. The minimum Gasteiger partial charge on any atom is -0.354 e. The summed E-state index contributed by atoms with van der Waals surface area (Å²) in [5.41, 5.74) is 0.188. The lowest BCUT2D eigenvalue weighted by Gasteiger charge is -2.22. The molecule has 0 aliphatic carbocycles. The van der Waals surface area contributed by atoms with E-state index in [0.717, 1.165) is 6.42 Å². The van der Waals surface area contributed by atoms with Crippen molar-refractivity contribution in [1.82, 2.24) is 10.6 Å². The van der Waals surface area contributed by atoms with E-state index in [1.807, 2.05) is 0 Å². The van der Waals surface area contributed by atoms with Gasteiger partial charge in [-0.05, 0) is 40.9 Å². The zero-order chi connectivity index (χ0) is 13.1. The van der Waals surface area contributed by atoms with E-state index >= 15 is 0 Å². The van der Waals surface area contributed by atoms with Crippen LogP contribution in [0.2, 0.25) is 0 Å². The van der Waals surface area contributed by atoms with Gasteiger partial charge in [0.25, 0.3) is 5.91 Å². The van der Waals surface area contributed by atoms with Gasteiger partial charge < -0.3 is 10.6 Å². The number of hydrogen-bond acceptors (Lipinski definition) is 2. The summed E-state index contributed by atoms with van der Waals surface area (Å²) in [5.74, 6) is -1.15. The molecular formula is C12H12BrFN2O2. The molecule has 0 bridgehead atoms. The van der Waals surface area contributed by atoms with Crippen LogP contribution in [-0.2, 0) is 4.79 Å². The lowest BCUT2D eigenvalue weighted by atomic mass is 10.1. The predicted octanol–water partition coefficient (Wildman–Crippen LogP) is 1.60. The molecule has 18 heavy (non-hydrogen) atoms. The fourth-order valence-corrected chi connectivity index (χ4v) is 2.27. The maximum atomic E-state index is 13.3. The molecule has 1 aliphatic rings.